The molecule has 0 spiro atoms. The highest BCUT2D eigenvalue weighted by atomic mass is 16.5. The van der Waals surface area contributed by atoms with E-state index in [4.69, 9.17) is 4.74 Å². The third kappa shape index (κ3) is 5.11. The summed E-state index contributed by atoms with van der Waals surface area (Å²) in [6.07, 6.45) is 5.07. The first-order valence-corrected chi connectivity index (χ1v) is 11.3. The summed E-state index contributed by atoms with van der Waals surface area (Å²) in [5, 5.41) is 0. The van der Waals surface area contributed by atoms with E-state index in [1.165, 1.54) is 60.2 Å². The van der Waals surface area contributed by atoms with Crippen molar-refractivity contribution >= 4 is 5.57 Å². The summed E-state index contributed by atoms with van der Waals surface area (Å²) in [5.41, 5.74) is 6.79. The van der Waals surface area contributed by atoms with Crippen molar-refractivity contribution < 1.29 is 4.74 Å². The fraction of sp³-hybridized carbons (Fsp3) is 0.481. The molecule has 0 bridgehead atoms. The summed E-state index contributed by atoms with van der Waals surface area (Å²) >= 11 is 0. The molecule has 29 heavy (non-hydrogen) atoms. The van der Waals surface area contributed by atoms with Crippen molar-refractivity contribution in [2.45, 2.75) is 53.0 Å². The molecule has 1 saturated heterocycles. The van der Waals surface area contributed by atoms with Gasteiger partial charge in [-0.05, 0) is 91.4 Å². The molecule has 2 aliphatic rings. The summed E-state index contributed by atoms with van der Waals surface area (Å²) < 4.78 is 5.52. The van der Waals surface area contributed by atoms with E-state index in [-0.39, 0.29) is 0 Å². The Morgan fingerprint density at radius 3 is 2.41 bits per heavy atom. The quantitative estimate of drug-likeness (QED) is 0.575. The highest BCUT2D eigenvalue weighted by Crippen LogP contribution is 2.43. The Balaban J connectivity index is 0.00000117. The first kappa shape index (κ1) is 21.6. The monoisotopic (exact) mass is 391 g/mol. The average Bonchev–Trinajstić information content (AvgIpc) is 3.05. The minimum absolute atomic E-state index is 0.608. The molecule has 1 heterocycles. The summed E-state index contributed by atoms with van der Waals surface area (Å²) in [6, 6.07) is 15.4. The average molecular weight is 392 g/mol. The zero-order valence-corrected chi connectivity index (χ0v) is 18.7. The number of rotatable bonds is 5. The highest BCUT2D eigenvalue weighted by molar-refractivity contribution is 5.74. The molecule has 1 aliphatic carbocycles. The van der Waals surface area contributed by atoms with Gasteiger partial charge >= 0.3 is 0 Å². The third-order valence-corrected chi connectivity index (χ3v) is 6.50. The van der Waals surface area contributed by atoms with Crippen LogP contribution in [0.1, 0.15) is 55.4 Å². The Kier molecular flexibility index (Phi) is 7.55. The van der Waals surface area contributed by atoms with E-state index in [9.17, 15) is 0 Å². The van der Waals surface area contributed by atoms with Gasteiger partial charge in [-0.15, -0.1) is 0 Å². The van der Waals surface area contributed by atoms with E-state index in [2.05, 4.69) is 60.9 Å². The van der Waals surface area contributed by atoms with Gasteiger partial charge in [-0.1, -0.05) is 56.8 Å². The lowest BCUT2D eigenvalue weighted by molar-refractivity contribution is 0.166. The molecule has 0 aromatic heterocycles. The molecule has 2 heteroatoms. The van der Waals surface area contributed by atoms with Crippen LogP contribution in [0.25, 0.3) is 5.57 Å². The molecule has 156 valence electrons. The summed E-state index contributed by atoms with van der Waals surface area (Å²) in [4.78, 5) is 2.61. The topological polar surface area (TPSA) is 12.5 Å². The van der Waals surface area contributed by atoms with Crippen molar-refractivity contribution in [1.29, 1.82) is 0 Å². The lowest BCUT2D eigenvalue weighted by Gasteiger charge is -2.33. The van der Waals surface area contributed by atoms with E-state index >= 15 is 0 Å². The van der Waals surface area contributed by atoms with Crippen LogP contribution in [0, 0.1) is 18.8 Å². The van der Waals surface area contributed by atoms with Gasteiger partial charge in [0.05, 0.1) is 7.11 Å². The van der Waals surface area contributed by atoms with Crippen molar-refractivity contribution in [1.82, 2.24) is 4.90 Å². The number of nitrogens with zero attached hydrogens (tertiary/aromatic N) is 1. The molecule has 1 unspecified atom stereocenters. The lowest BCUT2D eigenvalue weighted by atomic mass is 9.84. The van der Waals surface area contributed by atoms with Gasteiger partial charge in [-0.2, -0.15) is 0 Å². The number of allylic oxidation sites excluding steroid dienone is 1. The first-order valence-electron chi connectivity index (χ1n) is 11.3. The minimum Gasteiger partial charge on any atom is -0.496 e. The van der Waals surface area contributed by atoms with Crippen molar-refractivity contribution in [2.24, 2.45) is 11.8 Å². The summed E-state index contributed by atoms with van der Waals surface area (Å²) in [6.45, 7) is 14.1. The molecule has 0 radical (unpaired) electrons. The van der Waals surface area contributed by atoms with E-state index in [1.54, 1.807) is 7.11 Å². The van der Waals surface area contributed by atoms with Crippen LogP contribution in [0.2, 0.25) is 0 Å². The largest absolute Gasteiger partial charge is 0.496 e. The van der Waals surface area contributed by atoms with Gasteiger partial charge in [0.15, 0.2) is 0 Å². The van der Waals surface area contributed by atoms with Crippen molar-refractivity contribution in [3.8, 4) is 5.75 Å². The normalized spacial score (nSPS) is 19.4. The van der Waals surface area contributed by atoms with Crippen LogP contribution in [0.4, 0.5) is 0 Å². The van der Waals surface area contributed by atoms with Crippen molar-refractivity contribution in [3.63, 3.8) is 0 Å². The molecule has 2 nitrogen and oxygen atoms in total. The number of benzene rings is 2. The SMILES string of the molecule is C=C1c2cc(OC)c(C)cc2CC1CC1CCN(Cc2ccccc2)CC1.CC. The van der Waals surface area contributed by atoms with Crippen molar-refractivity contribution in [3.05, 3.63) is 71.3 Å². The van der Waals surface area contributed by atoms with E-state index in [1.807, 2.05) is 13.8 Å². The lowest BCUT2D eigenvalue weighted by Crippen LogP contribution is -2.33. The maximum atomic E-state index is 5.52. The summed E-state index contributed by atoms with van der Waals surface area (Å²) in [7, 11) is 1.76. The Labute approximate surface area is 177 Å². The molecular formula is C27H37NO. The van der Waals surface area contributed by atoms with E-state index in [0.717, 1.165) is 24.6 Å². The van der Waals surface area contributed by atoms with Gasteiger partial charge in [-0.25, -0.2) is 0 Å². The predicted molar refractivity (Wildman–Crippen MR) is 124 cm³/mol. The molecular weight excluding hydrogens is 354 g/mol. The summed E-state index contributed by atoms with van der Waals surface area (Å²) in [5.74, 6) is 2.43. The Morgan fingerprint density at radius 1 is 1.07 bits per heavy atom. The van der Waals surface area contributed by atoms with Crippen LogP contribution >= 0.6 is 0 Å². The maximum Gasteiger partial charge on any atom is 0.122 e. The molecule has 2 aromatic rings. The van der Waals surface area contributed by atoms with Crippen LogP contribution in [0.3, 0.4) is 0 Å². The second-order valence-corrected chi connectivity index (χ2v) is 8.35. The zero-order chi connectivity index (χ0) is 20.8. The first-order chi connectivity index (χ1) is 14.1. The third-order valence-electron chi connectivity index (χ3n) is 6.50. The number of hydrogen-bond donors (Lipinski definition) is 0. The molecule has 4 rings (SSSR count). The smallest absolute Gasteiger partial charge is 0.122 e. The van der Waals surface area contributed by atoms with Gasteiger partial charge in [0, 0.05) is 6.54 Å². The number of likely N-dealkylation sites (tertiary alicyclic amines) is 1. The van der Waals surface area contributed by atoms with Crippen LogP contribution in [-0.4, -0.2) is 25.1 Å². The Hall–Kier alpha value is -2.06. The van der Waals surface area contributed by atoms with Gasteiger partial charge in [0.1, 0.15) is 5.75 Å². The Morgan fingerprint density at radius 2 is 1.76 bits per heavy atom. The fourth-order valence-electron chi connectivity index (χ4n) is 4.89. The molecule has 1 aliphatic heterocycles. The van der Waals surface area contributed by atoms with Crippen LogP contribution in [-0.2, 0) is 13.0 Å². The van der Waals surface area contributed by atoms with Gasteiger partial charge in [0.2, 0.25) is 0 Å². The molecule has 0 saturated carbocycles. The number of ether oxygens (including phenoxy) is 1. The highest BCUT2D eigenvalue weighted by Gasteiger charge is 2.30. The maximum absolute atomic E-state index is 5.52. The number of aryl methyl sites for hydroxylation is 1. The van der Waals surface area contributed by atoms with Crippen LogP contribution in [0.15, 0.2) is 49.0 Å². The van der Waals surface area contributed by atoms with Crippen LogP contribution in [0.5, 0.6) is 5.75 Å². The predicted octanol–water partition coefficient (Wildman–Crippen LogP) is 6.52. The molecule has 0 N–H and O–H groups in total. The standard InChI is InChI=1S/C25H31NO.C2H6/c1-18-13-23-15-22(19(2)24(23)16-25(18)27-3)14-20-9-11-26(12-10-20)17-21-7-5-4-6-8-21;1-2/h4-8,13,16,20,22H,2,9-12,14-15,17H2,1,3H3;1-2H3. The number of hydrogen-bond acceptors (Lipinski definition) is 2. The van der Waals surface area contributed by atoms with Gasteiger partial charge < -0.3 is 4.74 Å². The second-order valence-electron chi connectivity index (χ2n) is 8.35. The molecule has 1 fully saturated rings. The second kappa shape index (κ2) is 10.1. The Bertz CT molecular complexity index is 803. The van der Waals surface area contributed by atoms with Gasteiger partial charge in [-0.3, -0.25) is 4.90 Å². The number of fused-ring (bicyclic) bond motifs is 1. The molecule has 0 amide bonds. The number of piperidine rings is 1. The fourth-order valence-corrected chi connectivity index (χ4v) is 4.89. The van der Waals surface area contributed by atoms with E-state index < -0.39 is 0 Å². The minimum atomic E-state index is 0.608. The molecule has 2 aromatic carbocycles. The van der Waals surface area contributed by atoms with Crippen molar-refractivity contribution in [2.75, 3.05) is 20.2 Å². The zero-order valence-electron chi connectivity index (χ0n) is 18.7. The molecule has 1 atom stereocenters. The van der Waals surface area contributed by atoms with E-state index in [0.29, 0.717) is 5.92 Å². The van der Waals surface area contributed by atoms with Crippen LogP contribution < -0.4 is 4.74 Å². The number of methoxy groups -OCH3 is 1. The van der Waals surface area contributed by atoms with Gasteiger partial charge in [0.25, 0.3) is 0 Å².